The van der Waals surface area contributed by atoms with Crippen LogP contribution in [0.4, 0.5) is 0 Å². The van der Waals surface area contributed by atoms with Gasteiger partial charge in [0.05, 0.1) is 48.6 Å². The second-order valence-electron chi connectivity index (χ2n) is 12.3. The van der Waals surface area contributed by atoms with Crippen LogP contribution in [0.15, 0.2) is 60.3 Å². The van der Waals surface area contributed by atoms with Crippen LogP contribution in [0.1, 0.15) is 91.4 Å². The lowest BCUT2D eigenvalue weighted by molar-refractivity contribution is -0.162. The van der Waals surface area contributed by atoms with Crippen molar-refractivity contribution in [2.24, 2.45) is 5.92 Å². The minimum atomic E-state index is -1.25. The van der Waals surface area contributed by atoms with Gasteiger partial charge in [0.2, 0.25) is 0 Å². The van der Waals surface area contributed by atoms with E-state index in [2.05, 4.69) is 6.92 Å². The maximum Gasteiger partial charge on any atom is 0.311 e. The highest BCUT2D eigenvalue weighted by Gasteiger charge is 2.32. The van der Waals surface area contributed by atoms with E-state index in [-0.39, 0.29) is 38.5 Å². The van der Waals surface area contributed by atoms with Gasteiger partial charge in [0, 0.05) is 12.8 Å². The number of hydrogen-bond donors (Lipinski definition) is 8. The summed E-state index contributed by atoms with van der Waals surface area (Å²) in [5, 5.41) is 83.9. The molecule has 258 valence electrons. The number of ether oxygens (including phenoxy) is 1. The third-order valence-corrected chi connectivity index (χ3v) is 7.96. The van der Waals surface area contributed by atoms with Gasteiger partial charge in [-0.1, -0.05) is 87.3 Å². The zero-order valence-corrected chi connectivity index (χ0v) is 27.1. The Kier molecular flexibility index (Phi) is 21.1. The fourth-order valence-electron chi connectivity index (χ4n) is 5.20. The SMILES string of the molecule is CCCCCCC1C(=O)O[C@H](C)[C@@H](O)\C=C/C=C/C=C/C=C/C=C(\C)[C@@H](O)C[C@H](O)C[C@H](O)C[C@H](O)C[C@H](O)C[C@H](O)C[C@@H]1O. The Morgan fingerprint density at radius 1 is 0.667 bits per heavy atom. The largest absolute Gasteiger partial charge is 0.459 e. The molecule has 10 atom stereocenters. The Hall–Kier alpha value is -2.15. The van der Waals surface area contributed by atoms with E-state index < -0.39 is 66.8 Å². The number of cyclic esters (lactones) is 1. The summed E-state index contributed by atoms with van der Waals surface area (Å²) in [6.45, 7) is 5.34. The molecule has 0 radical (unpaired) electrons. The van der Waals surface area contributed by atoms with Crippen LogP contribution in [0.2, 0.25) is 0 Å². The van der Waals surface area contributed by atoms with E-state index in [0.29, 0.717) is 18.4 Å². The monoisotopic (exact) mass is 638 g/mol. The molecule has 1 unspecified atom stereocenters. The molecule has 8 N–H and O–H groups in total. The predicted molar refractivity (Wildman–Crippen MR) is 174 cm³/mol. The van der Waals surface area contributed by atoms with Crippen molar-refractivity contribution in [3.05, 3.63) is 60.3 Å². The lowest BCUT2D eigenvalue weighted by Crippen LogP contribution is -2.37. The minimum Gasteiger partial charge on any atom is -0.459 e. The van der Waals surface area contributed by atoms with Crippen molar-refractivity contribution in [3.63, 3.8) is 0 Å². The summed E-state index contributed by atoms with van der Waals surface area (Å²) in [5.41, 5.74) is 0.623. The molecule has 1 heterocycles. The third kappa shape index (κ3) is 18.6. The number of aliphatic hydroxyl groups is 8. The summed E-state index contributed by atoms with van der Waals surface area (Å²) < 4.78 is 5.51. The van der Waals surface area contributed by atoms with Crippen LogP contribution >= 0.6 is 0 Å². The van der Waals surface area contributed by atoms with Crippen LogP contribution in [-0.2, 0) is 9.53 Å². The van der Waals surface area contributed by atoms with Crippen molar-refractivity contribution in [3.8, 4) is 0 Å². The third-order valence-electron chi connectivity index (χ3n) is 7.96. The van der Waals surface area contributed by atoms with E-state index in [1.165, 1.54) is 6.08 Å². The predicted octanol–water partition coefficient (Wildman–Crippen LogP) is 2.92. The summed E-state index contributed by atoms with van der Waals surface area (Å²) in [5.74, 6) is -1.60. The molecule has 10 heteroatoms. The molecule has 0 fully saturated rings. The molecular weight excluding hydrogens is 580 g/mol. The van der Waals surface area contributed by atoms with Crippen LogP contribution in [-0.4, -0.2) is 102 Å². The Labute approximate surface area is 268 Å². The van der Waals surface area contributed by atoms with Gasteiger partial charge in [-0.05, 0) is 51.5 Å². The molecule has 10 nitrogen and oxygen atoms in total. The first-order valence-electron chi connectivity index (χ1n) is 16.3. The fraction of sp³-hybridized carbons (Fsp3) is 0.686. The van der Waals surface area contributed by atoms with Crippen LogP contribution in [0.3, 0.4) is 0 Å². The van der Waals surface area contributed by atoms with Crippen LogP contribution in [0, 0.1) is 5.92 Å². The highest BCUT2D eigenvalue weighted by molar-refractivity contribution is 5.73. The fourth-order valence-corrected chi connectivity index (χ4v) is 5.20. The number of allylic oxidation sites excluding steroid dienone is 8. The van der Waals surface area contributed by atoms with Crippen molar-refractivity contribution >= 4 is 5.97 Å². The molecule has 0 aromatic rings. The van der Waals surface area contributed by atoms with Gasteiger partial charge in [-0.25, -0.2) is 0 Å². The number of unbranched alkanes of at least 4 members (excludes halogenated alkanes) is 3. The first kappa shape index (κ1) is 40.9. The number of carbonyl (C=O) groups excluding carboxylic acids is 1. The zero-order valence-electron chi connectivity index (χ0n) is 27.1. The van der Waals surface area contributed by atoms with E-state index in [1.807, 2.05) is 0 Å². The normalized spacial score (nSPS) is 38.5. The van der Waals surface area contributed by atoms with Crippen molar-refractivity contribution in [1.82, 2.24) is 0 Å². The lowest BCUT2D eigenvalue weighted by atomic mass is 9.90. The van der Waals surface area contributed by atoms with Crippen LogP contribution in [0.5, 0.6) is 0 Å². The maximum atomic E-state index is 13.1. The van der Waals surface area contributed by atoms with Gasteiger partial charge in [-0.2, -0.15) is 0 Å². The average Bonchev–Trinajstić information content (AvgIpc) is 2.94. The van der Waals surface area contributed by atoms with Crippen LogP contribution in [0.25, 0.3) is 0 Å². The number of hydrogen-bond acceptors (Lipinski definition) is 10. The molecule has 0 amide bonds. The first-order chi connectivity index (χ1) is 21.3. The molecule has 0 saturated carbocycles. The van der Waals surface area contributed by atoms with Gasteiger partial charge in [-0.3, -0.25) is 4.79 Å². The van der Waals surface area contributed by atoms with Gasteiger partial charge in [0.15, 0.2) is 0 Å². The lowest BCUT2D eigenvalue weighted by Gasteiger charge is -2.27. The zero-order chi connectivity index (χ0) is 33.8. The molecule has 0 saturated heterocycles. The number of esters is 1. The highest BCUT2D eigenvalue weighted by Crippen LogP contribution is 2.23. The Morgan fingerprint density at radius 2 is 1.16 bits per heavy atom. The Morgan fingerprint density at radius 3 is 1.71 bits per heavy atom. The van der Waals surface area contributed by atoms with E-state index in [4.69, 9.17) is 4.74 Å². The van der Waals surface area contributed by atoms with E-state index in [9.17, 15) is 45.6 Å². The molecule has 1 rings (SSSR count). The first-order valence-corrected chi connectivity index (χ1v) is 16.3. The van der Waals surface area contributed by atoms with Crippen molar-refractivity contribution in [2.75, 3.05) is 0 Å². The van der Waals surface area contributed by atoms with Gasteiger partial charge >= 0.3 is 5.97 Å². The molecule has 45 heavy (non-hydrogen) atoms. The second kappa shape index (κ2) is 23.2. The number of rotatable bonds is 5. The molecule has 1 aliphatic rings. The molecule has 0 spiro atoms. The standard InChI is InChI=1S/C35H58O10/c1-4-5-6-13-16-31-34(43)23-30(40)21-28(38)19-26(36)18-27(37)20-29(39)22-33(42)24(2)15-12-10-8-7-9-11-14-17-32(41)25(3)45-35(31)44/h7-12,14-15,17,25-34,36-43H,4-6,13,16,18-23H2,1-3H3/b8-7+,11-9+,12-10+,17-14-,24-15+/t25-,26+,27-,28+,29-,30+,31?,32+,33+,34+/m1/s1. The summed E-state index contributed by atoms with van der Waals surface area (Å²) in [6, 6.07) is 0. The Bertz CT molecular complexity index is 958. The number of aliphatic hydroxyl groups excluding tert-OH is 8. The summed E-state index contributed by atoms with van der Waals surface area (Å²) in [7, 11) is 0. The van der Waals surface area contributed by atoms with E-state index in [1.54, 1.807) is 62.5 Å². The highest BCUT2D eigenvalue weighted by atomic mass is 16.6. The molecule has 0 aromatic heterocycles. The summed E-state index contributed by atoms with van der Waals surface area (Å²) >= 11 is 0. The minimum absolute atomic E-state index is 0.00297. The smallest absolute Gasteiger partial charge is 0.311 e. The van der Waals surface area contributed by atoms with E-state index >= 15 is 0 Å². The molecule has 0 aromatic carbocycles. The Balaban J connectivity index is 3.08. The van der Waals surface area contributed by atoms with Crippen molar-refractivity contribution in [1.29, 1.82) is 0 Å². The molecule has 0 bridgehead atoms. The number of carbonyl (C=O) groups is 1. The van der Waals surface area contributed by atoms with Crippen LogP contribution < -0.4 is 0 Å². The van der Waals surface area contributed by atoms with Gasteiger partial charge in [0.1, 0.15) is 12.2 Å². The van der Waals surface area contributed by atoms with E-state index in [0.717, 1.165) is 19.3 Å². The van der Waals surface area contributed by atoms with Gasteiger partial charge in [0.25, 0.3) is 0 Å². The van der Waals surface area contributed by atoms with Crippen molar-refractivity contribution < 1.29 is 50.4 Å². The van der Waals surface area contributed by atoms with Gasteiger partial charge in [-0.15, -0.1) is 0 Å². The molecular formula is C35H58O10. The topological polar surface area (TPSA) is 188 Å². The summed E-state index contributed by atoms with van der Waals surface area (Å²) in [6.07, 6.45) is 8.77. The average molecular weight is 639 g/mol. The van der Waals surface area contributed by atoms with Gasteiger partial charge < -0.3 is 45.6 Å². The maximum absolute atomic E-state index is 13.1. The molecule has 0 aliphatic carbocycles. The quantitative estimate of drug-likeness (QED) is 0.164. The molecule has 1 aliphatic heterocycles. The van der Waals surface area contributed by atoms with Crippen molar-refractivity contribution in [2.45, 2.75) is 146 Å². The summed E-state index contributed by atoms with van der Waals surface area (Å²) in [4.78, 5) is 13.1. The second-order valence-corrected chi connectivity index (χ2v) is 12.3.